The zero-order valence-electron chi connectivity index (χ0n) is 14.9. The lowest BCUT2D eigenvalue weighted by molar-refractivity contribution is 0.740. The zero-order chi connectivity index (χ0) is 17.5. The molecule has 2 aromatic rings. The minimum Gasteiger partial charge on any atom is -0.192 e. The highest BCUT2D eigenvalue weighted by atomic mass is 32.2. The fourth-order valence-corrected chi connectivity index (χ4v) is 4.16. The third-order valence-corrected chi connectivity index (χ3v) is 6.04. The highest BCUT2D eigenvalue weighted by Crippen LogP contribution is 2.29. The Balaban J connectivity index is 1.92. The number of hydrogen-bond acceptors (Lipinski definition) is 3. The van der Waals surface area contributed by atoms with Gasteiger partial charge >= 0.3 is 0 Å². The van der Waals surface area contributed by atoms with Gasteiger partial charge in [-0.2, -0.15) is 5.26 Å². The Morgan fingerprint density at radius 3 is 2.25 bits per heavy atom. The van der Waals surface area contributed by atoms with Crippen LogP contribution in [0.25, 0.3) is 0 Å². The first-order valence-corrected chi connectivity index (χ1v) is 10.6. The quantitative estimate of drug-likeness (QED) is 0.517. The first kappa shape index (κ1) is 19.0. The molecule has 2 rings (SSSR count). The number of nitriles is 1. The minimum atomic E-state index is 0.392. The summed E-state index contributed by atoms with van der Waals surface area (Å²) in [6.07, 6.45) is 3.24. The van der Waals surface area contributed by atoms with E-state index in [0.717, 1.165) is 23.3 Å². The van der Waals surface area contributed by atoms with Crippen molar-refractivity contribution in [2.45, 2.75) is 48.8 Å². The monoisotopic (exact) mass is 355 g/mol. The van der Waals surface area contributed by atoms with E-state index in [0.29, 0.717) is 11.8 Å². The van der Waals surface area contributed by atoms with E-state index >= 15 is 0 Å². The molecule has 0 radical (unpaired) electrons. The summed E-state index contributed by atoms with van der Waals surface area (Å²) in [6, 6.07) is 17.5. The van der Waals surface area contributed by atoms with Gasteiger partial charge in [0.05, 0.1) is 11.6 Å². The molecule has 0 saturated heterocycles. The molecular formula is C21H25NS2. The van der Waals surface area contributed by atoms with Crippen LogP contribution in [0.4, 0.5) is 0 Å². The second-order valence-electron chi connectivity index (χ2n) is 6.33. The molecule has 0 N–H and O–H groups in total. The molecule has 126 valence electrons. The van der Waals surface area contributed by atoms with Crippen LogP contribution in [0.5, 0.6) is 0 Å². The Morgan fingerprint density at radius 1 is 1.00 bits per heavy atom. The lowest BCUT2D eigenvalue weighted by Gasteiger charge is -2.13. The molecule has 0 heterocycles. The molecule has 0 aliphatic carbocycles. The summed E-state index contributed by atoms with van der Waals surface area (Å²) >= 11 is 3.63. The number of benzene rings is 2. The fraction of sp³-hybridized carbons (Fsp3) is 0.381. The predicted molar refractivity (Wildman–Crippen MR) is 107 cm³/mol. The standard InChI is InChI=1S/C21H25NS2/c1-15(2)21-10-9-20(13-18(21)14-22)24-12-11-16(3)17-5-7-19(23-4)8-6-17/h5-10,13,15-16H,11-12H2,1-4H3/t16-/m0/s1. The molecule has 1 atom stereocenters. The van der Waals surface area contributed by atoms with E-state index in [1.54, 1.807) is 11.8 Å². The Kier molecular flexibility index (Phi) is 7.27. The third kappa shape index (κ3) is 5.06. The molecule has 0 aliphatic heterocycles. The summed E-state index contributed by atoms with van der Waals surface area (Å²) in [4.78, 5) is 2.51. The van der Waals surface area contributed by atoms with Crippen molar-refractivity contribution in [1.29, 1.82) is 5.26 Å². The van der Waals surface area contributed by atoms with Crippen molar-refractivity contribution in [3.63, 3.8) is 0 Å². The Hall–Kier alpha value is -1.37. The topological polar surface area (TPSA) is 23.8 Å². The Morgan fingerprint density at radius 2 is 1.67 bits per heavy atom. The van der Waals surface area contributed by atoms with E-state index in [2.05, 4.69) is 69.5 Å². The maximum Gasteiger partial charge on any atom is 0.0995 e. The summed E-state index contributed by atoms with van der Waals surface area (Å²) < 4.78 is 0. The third-order valence-electron chi connectivity index (χ3n) is 4.27. The lowest BCUT2D eigenvalue weighted by atomic mass is 9.98. The van der Waals surface area contributed by atoms with Crippen LogP contribution in [0.15, 0.2) is 52.3 Å². The van der Waals surface area contributed by atoms with Crippen molar-refractivity contribution in [3.8, 4) is 6.07 Å². The molecule has 0 aromatic heterocycles. The van der Waals surface area contributed by atoms with Gasteiger partial charge in [-0.05, 0) is 65.7 Å². The summed E-state index contributed by atoms with van der Waals surface area (Å²) in [7, 11) is 0. The van der Waals surface area contributed by atoms with Gasteiger partial charge in [-0.25, -0.2) is 0 Å². The van der Waals surface area contributed by atoms with Crippen LogP contribution in [-0.4, -0.2) is 12.0 Å². The van der Waals surface area contributed by atoms with Crippen LogP contribution < -0.4 is 0 Å². The Bertz CT molecular complexity index is 699. The van der Waals surface area contributed by atoms with Crippen LogP contribution in [0.1, 0.15) is 55.7 Å². The Labute approximate surface area is 154 Å². The highest BCUT2D eigenvalue weighted by Gasteiger charge is 2.09. The summed E-state index contributed by atoms with van der Waals surface area (Å²) in [5, 5.41) is 9.34. The second kappa shape index (κ2) is 9.20. The van der Waals surface area contributed by atoms with Crippen molar-refractivity contribution in [2.75, 3.05) is 12.0 Å². The first-order chi connectivity index (χ1) is 11.5. The van der Waals surface area contributed by atoms with Gasteiger partial charge in [-0.1, -0.05) is 39.0 Å². The maximum absolute atomic E-state index is 9.34. The molecule has 3 heteroatoms. The largest absolute Gasteiger partial charge is 0.192 e. The normalized spacial score (nSPS) is 12.2. The van der Waals surface area contributed by atoms with Gasteiger partial charge in [-0.3, -0.25) is 0 Å². The molecule has 24 heavy (non-hydrogen) atoms. The van der Waals surface area contributed by atoms with Crippen LogP contribution in [0.3, 0.4) is 0 Å². The minimum absolute atomic E-state index is 0.392. The fourth-order valence-electron chi connectivity index (χ4n) is 2.68. The van der Waals surface area contributed by atoms with Crippen molar-refractivity contribution >= 4 is 23.5 Å². The smallest absolute Gasteiger partial charge is 0.0995 e. The van der Waals surface area contributed by atoms with E-state index in [-0.39, 0.29) is 0 Å². The number of nitrogens with zero attached hydrogens (tertiary/aromatic N) is 1. The molecule has 2 aromatic carbocycles. The van der Waals surface area contributed by atoms with Gasteiger partial charge in [0.2, 0.25) is 0 Å². The van der Waals surface area contributed by atoms with E-state index in [1.165, 1.54) is 15.4 Å². The van der Waals surface area contributed by atoms with Crippen molar-refractivity contribution in [2.24, 2.45) is 0 Å². The van der Waals surface area contributed by atoms with Gasteiger partial charge in [0, 0.05) is 9.79 Å². The van der Waals surface area contributed by atoms with Gasteiger partial charge in [-0.15, -0.1) is 23.5 Å². The van der Waals surface area contributed by atoms with Gasteiger partial charge in [0.1, 0.15) is 0 Å². The van der Waals surface area contributed by atoms with Crippen molar-refractivity contribution < 1.29 is 0 Å². The average molecular weight is 356 g/mol. The van der Waals surface area contributed by atoms with Crippen LogP contribution in [0.2, 0.25) is 0 Å². The molecule has 0 unspecified atom stereocenters. The predicted octanol–water partition coefficient (Wildman–Crippen LogP) is 6.69. The molecule has 0 bridgehead atoms. The molecular weight excluding hydrogens is 330 g/mol. The molecule has 1 nitrogen and oxygen atoms in total. The summed E-state index contributed by atoms with van der Waals surface area (Å²) in [6.45, 7) is 6.55. The van der Waals surface area contributed by atoms with Crippen LogP contribution >= 0.6 is 23.5 Å². The maximum atomic E-state index is 9.34. The van der Waals surface area contributed by atoms with E-state index < -0.39 is 0 Å². The van der Waals surface area contributed by atoms with E-state index in [9.17, 15) is 5.26 Å². The number of thioether (sulfide) groups is 2. The summed E-state index contributed by atoms with van der Waals surface area (Å²) in [5.41, 5.74) is 3.36. The zero-order valence-corrected chi connectivity index (χ0v) is 16.5. The highest BCUT2D eigenvalue weighted by molar-refractivity contribution is 7.99. The second-order valence-corrected chi connectivity index (χ2v) is 8.37. The van der Waals surface area contributed by atoms with Crippen molar-refractivity contribution in [1.82, 2.24) is 0 Å². The number of hydrogen-bond donors (Lipinski definition) is 0. The molecule has 0 fully saturated rings. The molecule has 0 spiro atoms. The van der Waals surface area contributed by atoms with Gasteiger partial charge in [0.25, 0.3) is 0 Å². The SMILES string of the molecule is CSc1ccc([C@@H](C)CCSc2ccc(C(C)C)c(C#N)c2)cc1. The number of rotatable bonds is 7. The van der Waals surface area contributed by atoms with Crippen molar-refractivity contribution in [3.05, 3.63) is 59.2 Å². The lowest BCUT2D eigenvalue weighted by Crippen LogP contribution is -1.96. The van der Waals surface area contributed by atoms with Crippen LogP contribution in [0, 0.1) is 11.3 Å². The molecule has 0 aliphatic rings. The van der Waals surface area contributed by atoms with E-state index in [1.807, 2.05) is 17.8 Å². The van der Waals surface area contributed by atoms with E-state index in [4.69, 9.17) is 0 Å². The molecule has 0 saturated carbocycles. The first-order valence-electron chi connectivity index (χ1n) is 8.36. The van der Waals surface area contributed by atoms with Gasteiger partial charge < -0.3 is 0 Å². The molecule has 0 amide bonds. The van der Waals surface area contributed by atoms with Gasteiger partial charge in [0.15, 0.2) is 0 Å². The van der Waals surface area contributed by atoms with Crippen LogP contribution in [-0.2, 0) is 0 Å². The summed E-state index contributed by atoms with van der Waals surface area (Å²) in [5.74, 6) is 2.01. The average Bonchev–Trinajstić information content (AvgIpc) is 2.61.